The third-order valence-electron chi connectivity index (χ3n) is 7.65. The van der Waals surface area contributed by atoms with E-state index in [1.165, 1.54) is 68.3 Å². The molecule has 3 aromatic carbocycles. The van der Waals surface area contributed by atoms with Crippen LogP contribution in [0.15, 0.2) is 59.5 Å². The summed E-state index contributed by atoms with van der Waals surface area (Å²) in [7, 11) is -2.66. The predicted octanol–water partition coefficient (Wildman–Crippen LogP) is 5.34. The van der Waals surface area contributed by atoms with Crippen LogP contribution in [0, 0.1) is 11.6 Å². The number of sulfone groups is 1. The van der Waals surface area contributed by atoms with Crippen molar-refractivity contribution < 1.29 is 41.1 Å². The van der Waals surface area contributed by atoms with Gasteiger partial charge in [0.1, 0.15) is 11.9 Å². The van der Waals surface area contributed by atoms with E-state index in [4.69, 9.17) is 10.5 Å². The second-order valence-electron chi connectivity index (χ2n) is 10.9. The van der Waals surface area contributed by atoms with Crippen LogP contribution in [-0.2, 0) is 19.4 Å². The highest BCUT2D eigenvalue weighted by molar-refractivity contribution is 7.92. The van der Waals surface area contributed by atoms with Crippen LogP contribution in [0.3, 0.4) is 0 Å². The van der Waals surface area contributed by atoms with Gasteiger partial charge >= 0.3 is 6.09 Å². The number of primary amides is 1. The van der Waals surface area contributed by atoms with Gasteiger partial charge in [0.05, 0.1) is 35.6 Å². The van der Waals surface area contributed by atoms with Gasteiger partial charge in [-0.3, -0.25) is 14.9 Å². The van der Waals surface area contributed by atoms with Gasteiger partial charge in [-0.15, -0.1) is 0 Å². The Morgan fingerprint density at radius 2 is 1.76 bits per heavy atom. The van der Waals surface area contributed by atoms with Crippen LogP contribution in [0.1, 0.15) is 67.2 Å². The van der Waals surface area contributed by atoms with Gasteiger partial charge in [-0.25, -0.2) is 22.0 Å². The first-order valence-corrected chi connectivity index (χ1v) is 16.1. The number of nitrogens with one attached hydrogen (secondary N) is 2. The molecule has 3 aromatic rings. The third-order valence-corrected chi connectivity index (χ3v) is 9.88. The number of halogens is 2. The molecule has 1 unspecified atom stereocenters. The average molecular weight is 659 g/mol. The van der Waals surface area contributed by atoms with E-state index in [0.29, 0.717) is 12.8 Å². The number of nitrogens with two attached hydrogens (primary N) is 1. The van der Waals surface area contributed by atoms with E-state index in [9.17, 15) is 27.2 Å². The Labute approximate surface area is 266 Å². The number of anilines is 2. The molecule has 0 saturated carbocycles. The predicted molar refractivity (Wildman–Crippen MR) is 167 cm³/mol. The first-order chi connectivity index (χ1) is 21.8. The van der Waals surface area contributed by atoms with Gasteiger partial charge in [0.25, 0.3) is 0 Å². The number of carbonyl (C=O) groups excluding carboxylic acids is 3. The summed E-state index contributed by atoms with van der Waals surface area (Å²) in [6, 6.07) is 9.40. The summed E-state index contributed by atoms with van der Waals surface area (Å²) in [4.78, 5) is 39.8. The minimum absolute atomic E-state index is 0.00672. The number of hydrogen-bond donors (Lipinski definition) is 3. The lowest BCUT2D eigenvalue weighted by molar-refractivity contribution is -0.133. The van der Waals surface area contributed by atoms with E-state index in [1.54, 1.807) is 6.92 Å². The summed E-state index contributed by atoms with van der Waals surface area (Å²) in [5, 5.41) is 4.60. The number of rotatable bonds is 11. The summed E-state index contributed by atoms with van der Waals surface area (Å²) in [5.41, 5.74) is 5.94. The Morgan fingerprint density at radius 1 is 1.04 bits per heavy atom. The topological polar surface area (TPSA) is 157 Å². The molecule has 0 radical (unpaired) electrons. The van der Waals surface area contributed by atoms with Crippen molar-refractivity contribution in [2.24, 2.45) is 5.73 Å². The van der Waals surface area contributed by atoms with Crippen molar-refractivity contribution in [3.63, 3.8) is 0 Å². The number of amides is 3. The molecule has 4 rings (SSSR count). The minimum Gasteiger partial charge on any atom is -0.491 e. The Morgan fingerprint density at radius 3 is 2.41 bits per heavy atom. The second kappa shape index (κ2) is 14.1. The van der Waals surface area contributed by atoms with E-state index in [0.717, 1.165) is 12.1 Å². The van der Waals surface area contributed by atoms with Gasteiger partial charge in [0.15, 0.2) is 21.4 Å². The number of likely N-dealkylation sites (tertiary alicyclic amines) is 1. The zero-order valence-corrected chi connectivity index (χ0v) is 26.6. The van der Waals surface area contributed by atoms with E-state index in [-0.39, 0.29) is 51.9 Å². The first kappa shape index (κ1) is 34.2. The molecule has 14 heteroatoms. The van der Waals surface area contributed by atoms with Crippen molar-refractivity contribution in [2.45, 2.75) is 55.8 Å². The summed E-state index contributed by atoms with van der Waals surface area (Å²) in [5.74, 6) is -2.98. The zero-order valence-electron chi connectivity index (χ0n) is 25.8. The molecule has 2 atom stereocenters. The SMILES string of the molecule is CCOc1cc([C@@H](Nc2cc(C(N)=O)ccc2F)C(=O)N2CCCC2c2cc(NC(=O)OC)ccc2S(=O)(=O)C(C)C)ccc1F. The quantitative estimate of drug-likeness (QED) is 0.249. The molecular weight excluding hydrogens is 622 g/mol. The smallest absolute Gasteiger partial charge is 0.411 e. The molecule has 1 saturated heterocycles. The summed E-state index contributed by atoms with van der Waals surface area (Å²) < 4.78 is 66.7. The van der Waals surface area contributed by atoms with Crippen LogP contribution < -0.4 is 21.1 Å². The highest BCUT2D eigenvalue weighted by atomic mass is 32.2. The Hall–Kier alpha value is -4.72. The highest BCUT2D eigenvalue weighted by Crippen LogP contribution is 2.40. The summed E-state index contributed by atoms with van der Waals surface area (Å²) in [6.07, 6.45) is 0.105. The second-order valence-corrected chi connectivity index (χ2v) is 13.4. The van der Waals surface area contributed by atoms with Gasteiger partial charge in [0, 0.05) is 17.8 Å². The van der Waals surface area contributed by atoms with Crippen LogP contribution >= 0.6 is 0 Å². The zero-order chi connectivity index (χ0) is 33.8. The van der Waals surface area contributed by atoms with Crippen LogP contribution in [0.2, 0.25) is 0 Å². The number of benzene rings is 3. The fourth-order valence-corrected chi connectivity index (χ4v) is 6.58. The van der Waals surface area contributed by atoms with Gasteiger partial charge < -0.3 is 25.4 Å². The summed E-state index contributed by atoms with van der Waals surface area (Å²) in [6.45, 7) is 5.09. The first-order valence-electron chi connectivity index (χ1n) is 14.6. The molecule has 0 aromatic heterocycles. The maximum absolute atomic E-state index is 15.1. The standard InChI is InChI=1S/C32H36F2N4O7S/c1-5-45-27-16-19(8-12-24(27)34)29(37-25-15-20(30(35)39)9-11-23(25)33)31(40)38-14-6-7-26(38)22-17-21(36-32(41)44-4)10-13-28(22)46(42,43)18(2)3/h8-13,15-18,26,29,37H,5-7,14H2,1-4H3,(H2,35,39)(H,36,41)/t26?,29-/m1/s1. The van der Waals surface area contributed by atoms with E-state index < -0.39 is 56.7 Å². The van der Waals surface area contributed by atoms with Crippen LogP contribution in [0.25, 0.3) is 0 Å². The fraction of sp³-hybridized carbons (Fsp3) is 0.344. The normalized spacial score (nSPS) is 15.4. The van der Waals surface area contributed by atoms with E-state index >= 15 is 4.39 Å². The van der Waals surface area contributed by atoms with Gasteiger partial charge in [-0.1, -0.05) is 6.07 Å². The summed E-state index contributed by atoms with van der Waals surface area (Å²) >= 11 is 0. The van der Waals surface area contributed by atoms with Crippen molar-refractivity contribution >= 4 is 39.1 Å². The Kier molecular flexibility index (Phi) is 10.5. The molecule has 1 aliphatic rings. The van der Waals surface area contributed by atoms with Gasteiger partial charge in [-0.2, -0.15) is 0 Å². The molecule has 0 spiro atoms. The molecule has 4 N–H and O–H groups in total. The third kappa shape index (κ3) is 7.22. The number of carbonyl (C=O) groups is 3. The van der Waals surface area contributed by atoms with Crippen LogP contribution in [0.4, 0.5) is 25.0 Å². The van der Waals surface area contributed by atoms with E-state index in [2.05, 4.69) is 15.4 Å². The Bertz CT molecular complexity index is 1750. The largest absolute Gasteiger partial charge is 0.491 e. The maximum Gasteiger partial charge on any atom is 0.411 e. The van der Waals surface area contributed by atoms with Crippen LogP contribution in [-0.4, -0.2) is 56.7 Å². The molecular formula is C32H36F2N4O7S. The molecule has 11 nitrogen and oxygen atoms in total. The monoisotopic (exact) mass is 658 g/mol. The minimum atomic E-state index is -3.85. The van der Waals surface area contributed by atoms with Gasteiger partial charge in [-0.05, 0) is 93.3 Å². The fourth-order valence-electron chi connectivity index (χ4n) is 5.29. The van der Waals surface area contributed by atoms with Crippen molar-refractivity contribution in [1.82, 2.24) is 4.90 Å². The van der Waals surface area contributed by atoms with Crippen molar-refractivity contribution in [3.05, 3.63) is 82.9 Å². The lowest BCUT2D eigenvalue weighted by Crippen LogP contribution is -2.38. The molecule has 0 bridgehead atoms. The average Bonchev–Trinajstić information content (AvgIpc) is 3.51. The molecule has 1 heterocycles. The van der Waals surface area contributed by atoms with Crippen molar-refractivity contribution in [1.29, 1.82) is 0 Å². The van der Waals surface area contributed by atoms with Crippen LogP contribution in [0.5, 0.6) is 5.75 Å². The molecule has 1 aliphatic heterocycles. The maximum atomic E-state index is 15.1. The van der Waals surface area contributed by atoms with Crippen molar-refractivity contribution in [2.75, 3.05) is 30.9 Å². The number of nitrogens with zero attached hydrogens (tertiary/aromatic N) is 1. The van der Waals surface area contributed by atoms with Gasteiger partial charge in [0.2, 0.25) is 11.8 Å². The number of ether oxygens (including phenoxy) is 2. The molecule has 0 aliphatic carbocycles. The number of hydrogen-bond acceptors (Lipinski definition) is 8. The number of methoxy groups -OCH3 is 1. The lowest BCUT2D eigenvalue weighted by Gasteiger charge is -2.32. The molecule has 46 heavy (non-hydrogen) atoms. The van der Waals surface area contributed by atoms with Crippen molar-refractivity contribution in [3.8, 4) is 5.75 Å². The lowest BCUT2D eigenvalue weighted by atomic mass is 10.0. The van der Waals surface area contributed by atoms with E-state index in [1.807, 2.05) is 0 Å². The highest BCUT2D eigenvalue weighted by Gasteiger charge is 2.38. The molecule has 246 valence electrons. The Balaban J connectivity index is 1.84. The molecule has 3 amide bonds. The molecule has 1 fully saturated rings.